The Hall–Kier alpha value is -2.14. The second-order valence-corrected chi connectivity index (χ2v) is 5.82. The average molecular weight is 276 g/mol. The van der Waals surface area contributed by atoms with Crippen molar-refractivity contribution in [2.45, 2.75) is 9.79 Å². The van der Waals surface area contributed by atoms with Crippen LogP contribution in [0.2, 0.25) is 0 Å². The standard InChI is InChI=1S/C14H12O4S/c1-18-12-5-3-7-14(9-12)19(16,17)13-6-2-4-11(8-13)10-15/h2-10H,1H3. The van der Waals surface area contributed by atoms with Gasteiger partial charge in [-0.25, -0.2) is 8.42 Å². The van der Waals surface area contributed by atoms with E-state index in [1.807, 2.05) is 0 Å². The molecule has 0 unspecified atom stereocenters. The molecule has 0 radical (unpaired) electrons. The summed E-state index contributed by atoms with van der Waals surface area (Å²) < 4.78 is 29.8. The largest absolute Gasteiger partial charge is 0.497 e. The van der Waals surface area contributed by atoms with Crippen LogP contribution in [-0.4, -0.2) is 21.8 Å². The first kappa shape index (κ1) is 13.3. The number of ether oxygens (including phenoxy) is 1. The molecule has 0 aromatic heterocycles. The van der Waals surface area contributed by atoms with E-state index < -0.39 is 9.84 Å². The molecule has 0 saturated carbocycles. The van der Waals surface area contributed by atoms with Gasteiger partial charge in [0.25, 0.3) is 0 Å². The molecule has 5 heteroatoms. The number of carbonyl (C=O) groups is 1. The molecular weight excluding hydrogens is 264 g/mol. The van der Waals surface area contributed by atoms with E-state index in [9.17, 15) is 13.2 Å². The summed E-state index contributed by atoms with van der Waals surface area (Å²) in [5, 5.41) is 0. The fourth-order valence-electron chi connectivity index (χ4n) is 1.66. The third kappa shape index (κ3) is 2.66. The molecular formula is C14H12O4S. The van der Waals surface area contributed by atoms with Crippen LogP contribution in [0.25, 0.3) is 0 Å². The van der Waals surface area contributed by atoms with E-state index in [0.717, 1.165) is 0 Å². The highest BCUT2D eigenvalue weighted by molar-refractivity contribution is 7.91. The quantitative estimate of drug-likeness (QED) is 0.804. The SMILES string of the molecule is COc1cccc(S(=O)(=O)c2cccc(C=O)c2)c1. The molecule has 0 aliphatic carbocycles. The number of benzene rings is 2. The molecule has 0 spiro atoms. The zero-order valence-electron chi connectivity index (χ0n) is 10.2. The van der Waals surface area contributed by atoms with Crippen LogP contribution in [0.3, 0.4) is 0 Å². The average Bonchev–Trinajstić information content (AvgIpc) is 2.47. The molecule has 0 aliphatic heterocycles. The van der Waals surface area contributed by atoms with Crippen molar-refractivity contribution in [2.75, 3.05) is 7.11 Å². The van der Waals surface area contributed by atoms with Crippen molar-refractivity contribution >= 4 is 16.1 Å². The van der Waals surface area contributed by atoms with Crippen LogP contribution in [0.15, 0.2) is 58.3 Å². The van der Waals surface area contributed by atoms with Gasteiger partial charge < -0.3 is 4.74 Å². The minimum absolute atomic E-state index is 0.0883. The summed E-state index contributed by atoms with van der Waals surface area (Å²) in [7, 11) is -2.17. The third-order valence-corrected chi connectivity index (χ3v) is 4.41. The number of hydrogen-bond acceptors (Lipinski definition) is 4. The van der Waals surface area contributed by atoms with E-state index in [-0.39, 0.29) is 9.79 Å². The van der Waals surface area contributed by atoms with Gasteiger partial charge in [0.2, 0.25) is 9.84 Å². The molecule has 0 aliphatic rings. The maximum absolute atomic E-state index is 12.4. The van der Waals surface area contributed by atoms with Crippen LogP contribution < -0.4 is 4.74 Å². The van der Waals surface area contributed by atoms with E-state index in [0.29, 0.717) is 17.6 Å². The van der Waals surface area contributed by atoms with Crippen molar-refractivity contribution in [1.29, 1.82) is 0 Å². The van der Waals surface area contributed by atoms with Crippen LogP contribution in [0.1, 0.15) is 10.4 Å². The van der Waals surface area contributed by atoms with E-state index in [1.165, 1.54) is 37.4 Å². The Balaban J connectivity index is 2.54. The number of sulfone groups is 1. The van der Waals surface area contributed by atoms with Crippen molar-refractivity contribution in [2.24, 2.45) is 0 Å². The number of rotatable bonds is 4. The lowest BCUT2D eigenvalue weighted by Gasteiger charge is -2.06. The normalized spacial score (nSPS) is 11.0. The van der Waals surface area contributed by atoms with Crippen LogP contribution in [0.5, 0.6) is 5.75 Å². The Morgan fingerprint density at radius 1 is 1.00 bits per heavy atom. The molecule has 2 aromatic carbocycles. The van der Waals surface area contributed by atoms with E-state index in [2.05, 4.69) is 0 Å². The van der Waals surface area contributed by atoms with Gasteiger partial charge in [0.05, 0.1) is 16.9 Å². The second kappa shape index (κ2) is 5.24. The number of aldehydes is 1. The van der Waals surface area contributed by atoms with Crippen LogP contribution in [0.4, 0.5) is 0 Å². The first-order valence-electron chi connectivity index (χ1n) is 5.52. The molecule has 2 rings (SSSR count). The van der Waals surface area contributed by atoms with Gasteiger partial charge in [0, 0.05) is 5.56 Å². The third-order valence-electron chi connectivity index (χ3n) is 2.66. The zero-order chi connectivity index (χ0) is 13.9. The predicted molar refractivity (Wildman–Crippen MR) is 70.3 cm³/mol. The summed E-state index contributed by atoms with van der Waals surface area (Å²) in [6, 6.07) is 12.1. The Kier molecular flexibility index (Phi) is 3.66. The monoisotopic (exact) mass is 276 g/mol. The van der Waals surface area contributed by atoms with E-state index in [4.69, 9.17) is 4.74 Å². The molecule has 2 aromatic rings. The molecule has 0 N–H and O–H groups in total. The van der Waals surface area contributed by atoms with Crippen LogP contribution in [-0.2, 0) is 9.84 Å². The lowest BCUT2D eigenvalue weighted by atomic mass is 10.2. The predicted octanol–water partition coefficient (Wildman–Crippen LogP) is 2.34. The smallest absolute Gasteiger partial charge is 0.206 e. The van der Waals surface area contributed by atoms with Crippen molar-refractivity contribution in [3.05, 3.63) is 54.1 Å². The van der Waals surface area contributed by atoms with Crippen molar-refractivity contribution in [1.82, 2.24) is 0 Å². The molecule has 0 amide bonds. The first-order valence-corrected chi connectivity index (χ1v) is 7.00. The molecule has 0 heterocycles. The van der Waals surface area contributed by atoms with E-state index in [1.54, 1.807) is 18.2 Å². The maximum atomic E-state index is 12.4. The minimum atomic E-state index is -3.64. The first-order chi connectivity index (χ1) is 9.07. The lowest BCUT2D eigenvalue weighted by molar-refractivity contribution is 0.112. The molecule has 0 saturated heterocycles. The van der Waals surface area contributed by atoms with Gasteiger partial charge >= 0.3 is 0 Å². The Labute approximate surface area is 111 Å². The van der Waals surface area contributed by atoms with Gasteiger partial charge in [-0.1, -0.05) is 18.2 Å². The molecule has 19 heavy (non-hydrogen) atoms. The summed E-state index contributed by atoms with van der Waals surface area (Å²) >= 11 is 0. The van der Waals surface area contributed by atoms with Crippen molar-refractivity contribution in [3.63, 3.8) is 0 Å². The highest BCUT2D eigenvalue weighted by Crippen LogP contribution is 2.24. The Morgan fingerprint density at radius 3 is 2.26 bits per heavy atom. The summed E-state index contributed by atoms with van der Waals surface area (Å²) in [5.41, 5.74) is 0.323. The molecule has 98 valence electrons. The maximum Gasteiger partial charge on any atom is 0.206 e. The fourth-order valence-corrected chi connectivity index (χ4v) is 3.01. The van der Waals surface area contributed by atoms with Gasteiger partial charge in [-0.15, -0.1) is 0 Å². The topological polar surface area (TPSA) is 60.4 Å². The molecule has 0 bridgehead atoms. The number of methoxy groups -OCH3 is 1. The highest BCUT2D eigenvalue weighted by Gasteiger charge is 2.18. The molecule has 4 nitrogen and oxygen atoms in total. The van der Waals surface area contributed by atoms with Crippen LogP contribution in [0, 0.1) is 0 Å². The molecule has 0 fully saturated rings. The highest BCUT2D eigenvalue weighted by atomic mass is 32.2. The fraction of sp³-hybridized carbons (Fsp3) is 0.0714. The van der Waals surface area contributed by atoms with Gasteiger partial charge in [0.1, 0.15) is 12.0 Å². The summed E-state index contributed by atoms with van der Waals surface area (Å²) in [5.74, 6) is 0.465. The van der Waals surface area contributed by atoms with Gasteiger partial charge in [-0.05, 0) is 30.3 Å². The van der Waals surface area contributed by atoms with E-state index >= 15 is 0 Å². The van der Waals surface area contributed by atoms with Crippen molar-refractivity contribution < 1.29 is 17.9 Å². The van der Waals surface area contributed by atoms with Gasteiger partial charge in [0.15, 0.2) is 0 Å². The zero-order valence-corrected chi connectivity index (χ0v) is 11.1. The summed E-state index contributed by atoms with van der Waals surface area (Å²) in [6.45, 7) is 0. The molecule has 0 atom stereocenters. The Morgan fingerprint density at radius 2 is 1.63 bits per heavy atom. The van der Waals surface area contributed by atoms with Crippen LogP contribution >= 0.6 is 0 Å². The summed E-state index contributed by atoms with van der Waals surface area (Å²) in [6.07, 6.45) is 0.616. The van der Waals surface area contributed by atoms with Gasteiger partial charge in [-0.2, -0.15) is 0 Å². The van der Waals surface area contributed by atoms with Crippen molar-refractivity contribution in [3.8, 4) is 5.75 Å². The van der Waals surface area contributed by atoms with Gasteiger partial charge in [-0.3, -0.25) is 4.79 Å². The minimum Gasteiger partial charge on any atom is -0.497 e. The summed E-state index contributed by atoms with van der Waals surface area (Å²) in [4.78, 5) is 10.9. The number of carbonyl (C=O) groups excluding carboxylic acids is 1. The Bertz CT molecular complexity index is 705. The second-order valence-electron chi connectivity index (χ2n) is 3.87. The lowest BCUT2D eigenvalue weighted by Crippen LogP contribution is -2.02. The number of hydrogen-bond donors (Lipinski definition) is 0.